The number of anilines is 1. The van der Waals surface area contributed by atoms with Crippen molar-refractivity contribution in [2.24, 2.45) is 0 Å². The van der Waals surface area contributed by atoms with Crippen molar-refractivity contribution in [1.82, 2.24) is 10.3 Å². The highest BCUT2D eigenvalue weighted by molar-refractivity contribution is 5.43. The number of hydrogen-bond acceptors (Lipinski definition) is 3. The molecule has 1 N–H and O–H groups in total. The van der Waals surface area contributed by atoms with Crippen LogP contribution in [0.25, 0.3) is 0 Å². The summed E-state index contributed by atoms with van der Waals surface area (Å²) in [5.41, 5.74) is 1.49. The van der Waals surface area contributed by atoms with Crippen molar-refractivity contribution in [3.63, 3.8) is 0 Å². The fraction of sp³-hybridized carbons (Fsp3) is 0.688. The molecule has 0 atom stereocenters. The molecule has 3 nitrogen and oxygen atoms in total. The van der Waals surface area contributed by atoms with Gasteiger partial charge in [0.1, 0.15) is 5.82 Å². The van der Waals surface area contributed by atoms with Crippen molar-refractivity contribution in [3.8, 4) is 0 Å². The smallest absolute Gasteiger partial charge is 0.129 e. The fourth-order valence-electron chi connectivity index (χ4n) is 2.60. The zero-order chi connectivity index (χ0) is 14.1. The highest BCUT2D eigenvalue weighted by Gasteiger charge is 2.32. The first-order valence-electron chi connectivity index (χ1n) is 7.27. The van der Waals surface area contributed by atoms with Crippen LogP contribution in [-0.2, 0) is 6.54 Å². The van der Waals surface area contributed by atoms with Crippen molar-refractivity contribution in [3.05, 3.63) is 23.9 Å². The molecule has 0 bridgehead atoms. The van der Waals surface area contributed by atoms with E-state index >= 15 is 0 Å². The van der Waals surface area contributed by atoms with E-state index in [1.165, 1.54) is 12.8 Å². The minimum atomic E-state index is 0.130. The molecule has 3 heteroatoms. The number of nitrogens with zero attached hydrogens (tertiary/aromatic N) is 2. The second-order valence-corrected chi connectivity index (χ2v) is 7.16. The third kappa shape index (κ3) is 3.69. The van der Waals surface area contributed by atoms with E-state index in [4.69, 9.17) is 4.98 Å². The summed E-state index contributed by atoms with van der Waals surface area (Å²) in [4.78, 5) is 7.25. The fourth-order valence-corrected chi connectivity index (χ4v) is 2.60. The summed E-state index contributed by atoms with van der Waals surface area (Å²) in [5, 5.41) is 3.50. The zero-order valence-corrected chi connectivity index (χ0v) is 13.0. The molecule has 19 heavy (non-hydrogen) atoms. The molecule has 1 aliphatic heterocycles. The van der Waals surface area contributed by atoms with Crippen molar-refractivity contribution in [1.29, 1.82) is 0 Å². The average molecular weight is 261 g/mol. The minimum absolute atomic E-state index is 0.130. The molecular formula is C16H27N3. The Balaban J connectivity index is 2.11. The van der Waals surface area contributed by atoms with Crippen LogP contribution < -0.4 is 10.2 Å². The molecule has 2 heterocycles. The molecule has 0 aromatic carbocycles. The lowest BCUT2D eigenvalue weighted by molar-refractivity contribution is 0.421. The molecular weight excluding hydrogens is 234 g/mol. The van der Waals surface area contributed by atoms with Crippen molar-refractivity contribution < 1.29 is 0 Å². The van der Waals surface area contributed by atoms with Crippen LogP contribution >= 0.6 is 0 Å². The summed E-state index contributed by atoms with van der Waals surface area (Å²) in [6.07, 6.45) is 2.51. The summed E-state index contributed by atoms with van der Waals surface area (Å²) in [5.74, 6) is 1.12. The van der Waals surface area contributed by atoms with Crippen LogP contribution in [0.3, 0.4) is 0 Å². The summed E-state index contributed by atoms with van der Waals surface area (Å²) < 4.78 is 0. The lowest BCUT2D eigenvalue weighted by atomic mass is 10.0. The van der Waals surface area contributed by atoms with Crippen molar-refractivity contribution in [2.45, 2.75) is 65.1 Å². The van der Waals surface area contributed by atoms with Gasteiger partial charge in [0.15, 0.2) is 0 Å². The van der Waals surface area contributed by atoms with Gasteiger partial charge in [-0.15, -0.1) is 0 Å². The summed E-state index contributed by atoms with van der Waals surface area (Å²) in [7, 11) is 0. The second-order valence-electron chi connectivity index (χ2n) is 7.16. The summed E-state index contributed by atoms with van der Waals surface area (Å²) in [6.45, 7) is 13.1. The molecule has 0 saturated carbocycles. The topological polar surface area (TPSA) is 28.2 Å². The van der Waals surface area contributed by atoms with E-state index in [1.54, 1.807) is 0 Å². The zero-order valence-electron chi connectivity index (χ0n) is 13.0. The number of hydrogen-bond donors (Lipinski definition) is 1. The number of aromatic nitrogens is 1. The maximum Gasteiger partial charge on any atom is 0.129 e. The predicted octanol–water partition coefficient (Wildman–Crippen LogP) is 3.35. The largest absolute Gasteiger partial charge is 0.351 e. The van der Waals surface area contributed by atoms with E-state index in [0.717, 1.165) is 24.6 Å². The van der Waals surface area contributed by atoms with Crippen LogP contribution in [0.1, 0.15) is 53.2 Å². The van der Waals surface area contributed by atoms with Gasteiger partial charge in [-0.1, -0.05) is 6.07 Å². The molecule has 1 saturated heterocycles. The second kappa shape index (κ2) is 5.12. The van der Waals surface area contributed by atoms with Gasteiger partial charge in [0.2, 0.25) is 0 Å². The normalized spacial score (nSPS) is 18.9. The Morgan fingerprint density at radius 2 is 2.05 bits per heavy atom. The Bertz CT molecular complexity index is 432. The van der Waals surface area contributed by atoms with Gasteiger partial charge in [0.25, 0.3) is 0 Å². The highest BCUT2D eigenvalue weighted by Crippen LogP contribution is 2.32. The lowest BCUT2D eigenvalue weighted by Gasteiger charge is -2.33. The van der Waals surface area contributed by atoms with Gasteiger partial charge < -0.3 is 10.2 Å². The van der Waals surface area contributed by atoms with E-state index in [-0.39, 0.29) is 11.1 Å². The molecule has 0 unspecified atom stereocenters. The minimum Gasteiger partial charge on any atom is -0.351 e. The molecule has 0 spiro atoms. The van der Waals surface area contributed by atoms with Gasteiger partial charge in [-0.25, -0.2) is 4.98 Å². The molecule has 0 amide bonds. The first-order chi connectivity index (χ1) is 8.78. The van der Waals surface area contributed by atoms with Gasteiger partial charge in [-0.2, -0.15) is 0 Å². The Labute approximate surface area is 117 Å². The first kappa shape index (κ1) is 14.3. The molecule has 1 aliphatic rings. The van der Waals surface area contributed by atoms with Crippen LogP contribution in [0.5, 0.6) is 0 Å². The van der Waals surface area contributed by atoms with Gasteiger partial charge in [-0.3, -0.25) is 0 Å². The van der Waals surface area contributed by atoms with Crippen LogP contribution in [0, 0.1) is 0 Å². The lowest BCUT2D eigenvalue weighted by Crippen LogP contribution is -2.39. The van der Waals surface area contributed by atoms with E-state index in [9.17, 15) is 0 Å². The maximum absolute atomic E-state index is 4.82. The van der Waals surface area contributed by atoms with Gasteiger partial charge >= 0.3 is 0 Å². The predicted molar refractivity (Wildman–Crippen MR) is 81.5 cm³/mol. The van der Waals surface area contributed by atoms with Crippen molar-refractivity contribution >= 4 is 5.82 Å². The standard InChI is InChI=1S/C16H27N3/c1-15(2,3)17-12-13-8-6-9-14(18-13)19-11-7-10-16(19,4)5/h6,8-9,17H,7,10-12H2,1-5H3. The molecule has 0 aliphatic carbocycles. The number of pyridine rings is 1. The maximum atomic E-state index is 4.82. The van der Waals surface area contributed by atoms with Crippen LogP contribution in [0.4, 0.5) is 5.82 Å². The molecule has 2 rings (SSSR count). The van der Waals surface area contributed by atoms with Gasteiger partial charge in [-0.05, 0) is 59.6 Å². The Kier molecular flexibility index (Phi) is 3.86. The summed E-state index contributed by atoms with van der Waals surface area (Å²) >= 11 is 0. The highest BCUT2D eigenvalue weighted by atomic mass is 15.3. The van der Waals surface area contributed by atoms with Gasteiger partial charge in [0.05, 0.1) is 5.69 Å². The van der Waals surface area contributed by atoms with Crippen LogP contribution in [0.2, 0.25) is 0 Å². The van der Waals surface area contributed by atoms with E-state index in [0.29, 0.717) is 0 Å². The number of nitrogens with one attached hydrogen (secondary N) is 1. The third-order valence-corrected chi connectivity index (χ3v) is 3.77. The summed E-state index contributed by atoms with van der Waals surface area (Å²) in [6, 6.07) is 6.36. The SMILES string of the molecule is CC(C)(C)NCc1cccc(N2CCCC2(C)C)n1. The quantitative estimate of drug-likeness (QED) is 0.904. The third-order valence-electron chi connectivity index (χ3n) is 3.77. The monoisotopic (exact) mass is 261 g/mol. The molecule has 106 valence electrons. The molecule has 1 aromatic heterocycles. The molecule has 0 radical (unpaired) electrons. The van der Waals surface area contributed by atoms with Crippen molar-refractivity contribution in [2.75, 3.05) is 11.4 Å². The van der Waals surface area contributed by atoms with E-state index in [1.807, 2.05) is 0 Å². The number of rotatable bonds is 3. The Morgan fingerprint density at radius 3 is 2.63 bits per heavy atom. The van der Waals surface area contributed by atoms with E-state index in [2.05, 4.69) is 63.0 Å². The first-order valence-corrected chi connectivity index (χ1v) is 7.27. The van der Waals surface area contributed by atoms with E-state index < -0.39 is 0 Å². The Morgan fingerprint density at radius 1 is 1.32 bits per heavy atom. The molecule has 1 fully saturated rings. The average Bonchev–Trinajstić information content (AvgIpc) is 2.66. The molecule has 1 aromatic rings. The van der Waals surface area contributed by atoms with Crippen LogP contribution in [0.15, 0.2) is 18.2 Å². The van der Waals surface area contributed by atoms with Gasteiger partial charge in [0, 0.05) is 24.2 Å². The van der Waals surface area contributed by atoms with Crippen LogP contribution in [-0.4, -0.2) is 22.6 Å². The Hall–Kier alpha value is -1.09.